The summed E-state index contributed by atoms with van der Waals surface area (Å²) in [6, 6.07) is 4.69. The predicted octanol–water partition coefficient (Wildman–Crippen LogP) is 2.04. The number of nitrogens with zero attached hydrogens (tertiary/aromatic N) is 1. The topological polar surface area (TPSA) is 63.7 Å². The molecule has 5 nitrogen and oxygen atoms in total. The molecular weight excluding hydrogens is 346 g/mol. The highest BCUT2D eigenvalue weighted by molar-refractivity contribution is 9.10. The van der Waals surface area contributed by atoms with Gasteiger partial charge in [0, 0.05) is 4.47 Å². The van der Waals surface area contributed by atoms with Crippen molar-refractivity contribution in [2.24, 2.45) is 0 Å². The molecule has 0 N–H and O–H groups in total. The zero-order valence-corrected chi connectivity index (χ0v) is 12.8. The monoisotopic (exact) mass is 355 g/mol. The Hall–Kier alpha value is -0.790. The fraction of sp³-hybridized carbons (Fsp3) is 0.300. The normalized spacial score (nSPS) is 11.1. The lowest BCUT2D eigenvalue weighted by atomic mass is 10.3. The number of hydrogen-bond acceptors (Lipinski definition) is 4. The van der Waals surface area contributed by atoms with E-state index in [0.29, 0.717) is 4.47 Å². The van der Waals surface area contributed by atoms with Crippen molar-refractivity contribution in [1.82, 2.24) is 0 Å². The number of carbonyl (C=O) groups excluding carboxylic acids is 1. The van der Waals surface area contributed by atoms with Crippen LogP contribution in [0.2, 0.25) is 5.02 Å². The van der Waals surface area contributed by atoms with E-state index in [-0.39, 0.29) is 10.7 Å². The smallest absolute Gasteiger partial charge is 0.326 e. The lowest BCUT2D eigenvalue weighted by Crippen LogP contribution is -2.35. The number of carbonyl (C=O) groups is 1. The van der Waals surface area contributed by atoms with Crippen LogP contribution in [0.5, 0.6) is 0 Å². The molecule has 0 saturated heterocycles. The largest absolute Gasteiger partial charge is 0.468 e. The zero-order valence-electron chi connectivity index (χ0n) is 9.68. The molecule has 18 heavy (non-hydrogen) atoms. The zero-order chi connectivity index (χ0) is 13.9. The fourth-order valence-corrected chi connectivity index (χ4v) is 2.93. The molecule has 0 amide bonds. The van der Waals surface area contributed by atoms with Crippen LogP contribution >= 0.6 is 27.5 Å². The lowest BCUT2D eigenvalue weighted by Gasteiger charge is -2.22. The first-order chi connectivity index (χ1) is 8.25. The Bertz CT molecular complexity index is 561. The predicted molar refractivity (Wildman–Crippen MR) is 73.4 cm³/mol. The van der Waals surface area contributed by atoms with Gasteiger partial charge in [-0.1, -0.05) is 27.5 Å². The second-order valence-electron chi connectivity index (χ2n) is 3.44. The molecule has 0 aromatic heterocycles. The van der Waals surface area contributed by atoms with Crippen LogP contribution in [0.3, 0.4) is 0 Å². The molecule has 1 aromatic carbocycles. The maximum atomic E-state index is 11.7. The molecular formula is C10H11BrClNO4S. The summed E-state index contributed by atoms with van der Waals surface area (Å²) in [5.74, 6) is -0.667. The van der Waals surface area contributed by atoms with E-state index in [2.05, 4.69) is 20.7 Å². The Morgan fingerprint density at radius 2 is 2.11 bits per heavy atom. The van der Waals surface area contributed by atoms with Gasteiger partial charge in [-0.2, -0.15) is 0 Å². The van der Waals surface area contributed by atoms with Crippen LogP contribution < -0.4 is 4.31 Å². The number of halogens is 2. The highest BCUT2D eigenvalue weighted by Gasteiger charge is 2.23. The van der Waals surface area contributed by atoms with Gasteiger partial charge in [0.2, 0.25) is 10.0 Å². The quantitative estimate of drug-likeness (QED) is 0.775. The molecule has 0 aliphatic carbocycles. The van der Waals surface area contributed by atoms with Gasteiger partial charge in [-0.25, -0.2) is 8.42 Å². The van der Waals surface area contributed by atoms with Crippen molar-refractivity contribution in [3.63, 3.8) is 0 Å². The molecule has 0 heterocycles. The van der Waals surface area contributed by atoms with Crippen molar-refractivity contribution < 1.29 is 17.9 Å². The average molecular weight is 357 g/mol. The van der Waals surface area contributed by atoms with Crippen molar-refractivity contribution >= 4 is 49.2 Å². The van der Waals surface area contributed by atoms with E-state index in [4.69, 9.17) is 11.6 Å². The van der Waals surface area contributed by atoms with E-state index >= 15 is 0 Å². The van der Waals surface area contributed by atoms with Gasteiger partial charge >= 0.3 is 5.97 Å². The van der Waals surface area contributed by atoms with E-state index < -0.39 is 22.5 Å². The van der Waals surface area contributed by atoms with Gasteiger partial charge in [-0.15, -0.1) is 0 Å². The van der Waals surface area contributed by atoms with E-state index in [0.717, 1.165) is 10.6 Å². The minimum atomic E-state index is -3.63. The van der Waals surface area contributed by atoms with Crippen molar-refractivity contribution in [3.8, 4) is 0 Å². The van der Waals surface area contributed by atoms with Crippen LogP contribution in [-0.2, 0) is 19.6 Å². The third-order valence-electron chi connectivity index (χ3n) is 2.08. The number of rotatable bonds is 4. The highest BCUT2D eigenvalue weighted by Crippen LogP contribution is 2.30. The molecule has 0 fully saturated rings. The van der Waals surface area contributed by atoms with E-state index in [1.54, 1.807) is 12.1 Å². The van der Waals surface area contributed by atoms with Crippen LogP contribution in [0.25, 0.3) is 0 Å². The van der Waals surface area contributed by atoms with Gasteiger partial charge in [-0.3, -0.25) is 9.10 Å². The number of sulfonamides is 1. The number of esters is 1. The number of methoxy groups -OCH3 is 1. The van der Waals surface area contributed by atoms with Crippen LogP contribution in [0.1, 0.15) is 0 Å². The second kappa shape index (κ2) is 5.90. The molecule has 0 aliphatic heterocycles. The maximum absolute atomic E-state index is 11.7. The standard InChI is InChI=1S/C10H11BrClNO4S/c1-17-10(14)6-13(18(2,15)16)9-4-3-7(11)5-8(9)12/h3-5H,6H2,1-2H3. The summed E-state index contributed by atoms with van der Waals surface area (Å²) in [5.41, 5.74) is 0.229. The fourth-order valence-electron chi connectivity index (χ4n) is 1.25. The minimum Gasteiger partial charge on any atom is -0.468 e. The number of benzene rings is 1. The molecule has 100 valence electrons. The van der Waals surface area contributed by atoms with Gasteiger partial charge in [0.05, 0.1) is 24.1 Å². The summed E-state index contributed by atoms with van der Waals surface area (Å²) >= 11 is 9.19. The third kappa shape index (κ3) is 3.86. The first-order valence-corrected chi connectivity index (χ1v) is 7.77. The Morgan fingerprint density at radius 3 is 2.56 bits per heavy atom. The van der Waals surface area contributed by atoms with Gasteiger partial charge in [0.25, 0.3) is 0 Å². The maximum Gasteiger partial charge on any atom is 0.326 e. The molecule has 8 heteroatoms. The first kappa shape index (κ1) is 15.3. The van der Waals surface area contributed by atoms with Crippen LogP contribution in [-0.4, -0.2) is 34.3 Å². The summed E-state index contributed by atoms with van der Waals surface area (Å²) in [6.45, 7) is -0.420. The third-order valence-corrected chi connectivity index (χ3v) is 4.00. The molecule has 0 bridgehead atoms. The van der Waals surface area contributed by atoms with Crippen LogP contribution in [0.4, 0.5) is 5.69 Å². The number of anilines is 1. The van der Waals surface area contributed by atoms with E-state index in [9.17, 15) is 13.2 Å². The van der Waals surface area contributed by atoms with E-state index in [1.165, 1.54) is 13.2 Å². The lowest BCUT2D eigenvalue weighted by molar-refractivity contribution is -0.138. The molecule has 0 unspecified atom stereocenters. The highest BCUT2D eigenvalue weighted by atomic mass is 79.9. The molecule has 0 aliphatic rings. The molecule has 0 radical (unpaired) electrons. The number of hydrogen-bond donors (Lipinski definition) is 0. The van der Waals surface area contributed by atoms with E-state index in [1.807, 2.05) is 0 Å². The molecule has 0 spiro atoms. The minimum absolute atomic E-state index is 0.221. The molecule has 0 atom stereocenters. The first-order valence-electron chi connectivity index (χ1n) is 4.75. The Morgan fingerprint density at radius 1 is 1.50 bits per heavy atom. The van der Waals surface area contributed by atoms with Crippen LogP contribution in [0.15, 0.2) is 22.7 Å². The average Bonchev–Trinajstić information content (AvgIpc) is 2.25. The van der Waals surface area contributed by atoms with Crippen molar-refractivity contribution in [2.45, 2.75) is 0 Å². The summed E-state index contributed by atoms with van der Waals surface area (Å²) in [6.07, 6.45) is 0.994. The van der Waals surface area contributed by atoms with Crippen LogP contribution in [0, 0.1) is 0 Å². The van der Waals surface area contributed by atoms with Crippen molar-refractivity contribution in [2.75, 3.05) is 24.2 Å². The Kier molecular flexibility index (Phi) is 5.01. The van der Waals surface area contributed by atoms with Crippen molar-refractivity contribution in [1.29, 1.82) is 0 Å². The second-order valence-corrected chi connectivity index (χ2v) is 6.67. The summed E-state index contributed by atoms with van der Waals surface area (Å²) in [7, 11) is -2.44. The SMILES string of the molecule is COC(=O)CN(c1ccc(Br)cc1Cl)S(C)(=O)=O. The van der Waals surface area contributed by atoms with Gasteiger partial charge in [0.1, 0.15) is 6.54 Å². The van der Waals surface area contributed by atoms with Gasteiger partial charge in [0.15, 0.2) is 0 Å². The number of ether oxygens (including phenoxy) is 1. The summed E-state index contributed by atoms with van der Waals surface area (Å²) in [4.78, 5) is 11.2. The Balaban J connectivity index is 3.22. The van der Waals surface area contributed by atoms with Gasteiger partial charge < -0.3 is 4.74 Å². The molecule has 0 saturated carbocycles. The van der Waals surface area contributed by atoms with Gasteiger partial charge in [-0.05, 0) is 18.2 Å². The molecule has 1 aromatic rings. The Labute approximate surface area is 119 Å². The van der Waals surface area contributed by atoms with Crippen molar-refractivity contribution in [3.05, 3.63) is 27.7 Å². The molecule has 1 rings (SSSR count). The summed E-state index contributed by atoms with van der Waals surface area (Å²) < 4.78 is 29.4. The summed E-state index contributed by atoms with van der Waals surface area (Å²) in [5, 5.41) is 0.221.